The first kappa shape index (κ1) is 17.5. The summed E-state index contributed by atoms with van der Waals surface area (Å²) < 4.78 is 27.2. The Labute approximate surface area is 138 Å². The van der Waals surface area contributed by atoms with E-state index in [2.05, 4.69) is 15.6 Å². The molecule has 0 bridgehead atoms. The van der Waals surface area contributed by atoms with Crippen molar-refractivity contribution >= 4 is 17.5 Å². The summed E-state index contributed by atoms with van der Waals surface area (Å²) in [6, 6.07) is 7.50. The number of anilines is 1. The molecule has 24 heavy (non-hydrogen) atoms. The molecule has 0 aliphatic rings. The van der Waals surface area contributed by atoms with Gasteiger partial charge in [-0.3, -0.25) is 9.59 Å². The number of benzene rings is 1. The number of halogens is 2. The van der Waals surface area contributed by atoms with Gasteiger partial charge in [0, 0.05) is 6.04 Å². The molecule has 0 aliphatic carbocycles. The molecule has 0 aliphatic heterocycles. The molecular formula is C17H17F2N3O2. The highest BCUT2D eigenvalue weighted by molar-refractivity contribution is 6.04. The Hall–Kier alpha value is -2.83. The van der Waals surface area contributed by atoms with Crippen LogP contribution in [0.5, 0.6) is 0 Å². The number of hydrogen-bond acceptors (Lipinski definition) is 3. The van der Waals surface area contributed by atoms with Crippen LogP contribution in [0.1, 0.15) is 41.2 Å². The van der Waals surface area contributed by atoms with E-state index in [0.717, 1.165) is 18.6 Å². The van der Waals surface area contributed by atoms with E-state index in [-0.39, 0.29) is 17.4 Å². The minimum absolute atomic E-state index is 0.0377. The number of hydrogen-bond donors (Lipinski definition) is 2. The Kier molecular flexibility index (Phi) is 5.57. The second-order valence-electron chi connectivity index (χ2n) is 5.24. The van der Waals surface area contributed by atoms with Crippen LogP contribution in [0.25, 0.3) is 0 Å². The van der Waals surface area contributed by atoms with Crippen LogP contribution in [-0.4, -0.2) is 22.8 Å². The number of nitrogens with one attached hydrogen (secondary N) is 2. The summed E-state index contributed by atoms with van der Waals surface area (Å²) in [6.07, 6.45) is 0.748. The van der Waals surface area contributed by atoms with Gasteiger partial charge in [-0.15, -0.1) is 0 Å². The Morgan fingerprint density at radius 2 is 1.58 bits per heavy atom. The number of pyridine rings is 1. The lowest BCUT2D eigenvalue weighted by Gasteiger charge is -2.11. The average Bonchev–Trinajstić information content (AvgIpc) is 2.58. The second kappa shape index (κ2) is 7.63. The zero-order valence-electron chi connectivity index (χ0n) is 13.3. The molecule has 1 atom stereocenters. The highest BCUT2D eigenvalue weighted by Crippen LogP contribution is 2.18. The van der Waals surface area contributed by atoms with Gasteiger partial charge in [0.15, 0.2) is 0 Å². The molecule has 5 nitrogen and oxygen atoms in total. The largest absolute Gasteiger partial charge is 0.348 e. The van der Waals surface area contributed by atoms with Gasteiger partial charge >= 0.3 is 0 Å². The van der Waals surface area contributed by atoms with E-state index in [1.807, 2.05) is 13.8 Å². The predicted molar refractivity (Wildman–Crippen MR) is 85.8 cm³/mol. The molecule has 2 rings (SSSR count). The van der Waals surface area contributed by atoms with Gasteiger partial charge in [0.25, 0.3) is 11.8 Å². The highest BCUT2D eigenvalue weighted by Gasteiger charge is 2.16. The fourth-order valence-corrected chi connectivity index (χ4v) is 1.88. The standard InChI is InChI=1S/C17H17F2N3O2/c1-3-10(2)20-16(23)13-8-5-9-14(21-13)17(24)22-15-11(18)6-4-7-12(15)19/h4-10H,3H2,1-2H3,(H,20,23)(H,22,24). The van der Waals surface area contributed by atoms with Crippen LogP contribution in [0.2, 0.25) is 0 Å². The number of rotatable bonds is 5. The van der Waals surface area contributed by atoms with Crippen molar-refractivity contribution < 1.29 is 18.4 Å². The summed E-state index contributed by atoms with van der Waals surface area (Å²) >= 11 is 0. The normalized spacial score (nSPS) is 11.7. The van der Waals surface area contributed by atoms with Crippen molar-refractivity contribution in [1.82, 2.24) is 10.3 Å². The van der Waals surface area contributed by atoms with E-state index in [0.29, 0.717) is 0 Å². The summed E-state index contributed by atoms with van der Waals surface area (Å²) in [7, 11) is 0. The third-order valence-corrected chi connectivity index (χ3v) is 3.41. The smallest absolute Gasteiger partial charge is 0.274 e. The minimum Gasteiger partial charge on any atom is -0.348 e. The first-order valence-electron chi connectivity index (χ1n) is 7.45. The number of aromatic nitrogens is 1. The maximum Gasteiger partial charge on any atom is 0.274 e. The zero-order valence-corrected chi connectivity index (χ0v) is 13.3. The Morgan fingerprint density at radius 3 is 2.17 bits per heavy atom. The van der Waals surface area contributed by atoms with Crippen LogP contribution in [-0.2, 0) is 0 Å². The van der Waals surface area contributed by atoms with Gasteiger partial charge in [0.05, 0.1) is 0 Å². The highest BCUT2D eigenvalue weighted by atomic mass is 19.1. The lowest BCUT2D eigenvalue weighted by Crippen LogP contribution is -2.32. The molecule has 126 valence electrons. The molecule has 0 saturated carbocycles. The first-order chi connectivity index (χ1) is 11.4. The summed E-state index contributed by atoms with van der Waals surface area (Å²) in [5, 5.41) is 4.86. The van der Waals surface area contributed by atoms with Crippen molar-refractivity contribution in [2.75, 3.05) is 5.32 Å². The van der Waals surface area contributed by atoms with E-state index in [4.69, 9.17) is 0 Å². The molecule has 2 aromatic rings. The SMILES string of the molecule is CCC(C)NC(=O)c1cccc(C(=O)Nc2c(F)cccc2F)n1. The van der Waals surface area contributed by atoms with Gasteiger partial charge in [-0.1, -0.05) is 19.1 Å². The van der Waals surface area contributed by atoms with E-state index in [1.165, 1.54) is 24.3 Å². The van der Waals surface area contributed by atoms with Crippen molar-refractivity contribution in [2.24, 2.45) is 0 Å². The van der Waals surface area contributed by atoms with E-state index in [1.54, 1.807) is 0 Å². The topological polar surface area (TPSA) is 71.1 Å². The van der Waals surface area contributed by atoms with Crippen molar-refractivity contribution in [2.45, 2.75) is 26.3 Å². The molecule has 2 amide bonds. The van der Waals surface area contributed by atoms with Crippen LogP contribution >= 0.6 is 0 Å². The number of nitrogens with zero attached hydrogens (tertiary/aromatic N) is 1. The Morgan fingerprint density at radius 1 is 1.04 bits per heavy atom. The van der Waals surface area contributed by atoms with Gasteiger partial charge in [0.2, 0.25) is 0 Å². The van der Waals surface area contributed by atoms with Crippen LogP contribution < -0.4 is 10.6 Å². The summed E-state index contributed by atoms with van der Waals surface area (Å²) in [4.78, 5) is 28.1. The maximum absolute atomic E-state index is 13.6. The molecule has 1 unspecified atom stereocenters. The zero-order chi connectivity index (χ0) is 17.7. The van der Waals surface area contributed by atoms with Crippen molar-refractivity contribution in [3.8, 4) is 0 Å². The number of carbonyl (C=O) groups is 2. The Balaban J connectivity index is 2.19. The fraction of sp³-hybridized carbons (Fsp3) is 0.235. The first-order valence-corrected chi connectivity index (χ1v) is 7.45. The molecule has 0 spiro atoms. The molecule has 0 saturated heterocycles. The molecular weight excluding hydrogens is 316 g/mol. The van der Waals surface area contributed by atoms with Crippen molar-refractivity contribution in [3.63, 3.8) is 0 Å². The molecule has 2 N–H and O–H groups in total. The molecule has 1 aromatic heterocycles. The van der Waals surface area contributed by atoms with Gasteiger partial charge in [-0.25, -0.2) is 13.8 Å². The van der Waals surface area contributed by atoms with Crippen molar-refractivity contribution in [3.05, 3.63) is 59.4 Å². The molecule has 0 fully saturated rings. The third kappa shape index (κ3) is 4.13. The average molecular weight is 333 g/mol. The van der Waals surface area contributed by atoms with Gasteiger partial charge in [0.1, 0.15) is 28.7 Å². The maximum atomic E-state index is 13.6. The van der Waals surface area contributed by atoms with Gasteiger partial charge in [-0.05, 0) is 37.6 Å². The monoisotopic (exact) mass is 333 g/mol. The number of amides is 2. The lowest BCUT2D eigenvalue weighted by molar-refractivity contribution is 0.0934. The predicted octanol–water partition coefficient (Wildman–Crippen LogP) is 3.14. The second-order valence-corrected chi connectivity index (χ2v) is 5.24. The van der Waals surface area contributed by atoms with Crippen LogP contribution in [0.15, 0.2) is 36.4 Å². The number of carbonyl (C=O) groups excluding carboxylic acids is 2. The van der Waals surface area contributed by atoms with E-state index in [9.17, 15) is 18.4 Å². The summed E-state index contributed by atoms with van der Waals surface area (Å²) in [5.74, 6) is -3.02. The third-order valence-electron chi connectivity index (χ3n) is 3.41. The Bertz CT molecular complexity index is 745. The van der Waals surface area contributed by atoms with E-state index < -0.39 is 29.1 Å². The molecule has 0 radical (unpaired) electrons. The van der Waals surface area contributed by atoms with Crippen molar-refractivity contribution in [1.29, 1.82) is 0 Å². The molecule has 1 heterocycles. The van der Waals surface area contributed by atoms with Gasteiger partial charge < -0.3 is 10.6 Å². The minimum atomic E-state index is -0.894. The summed E-state index contributed by atoms with van der Waals surface area (Å²) in [5.41, 5.74) is -0.620. The van der Waals surface area contributed by atoms with Crippen LogP contribution in [0, 0.1) is 11.6 Å². The molecule has 7 heteroatoms. The van der Waals surface area contributed by atoms with Gasteiger partial charge in [-0.2, -0.15) is 0 Å². The van der Waals surface area contributed by atoms with Crippen LogP contribution in [0.3, 0.4) is 0 Å². The summed E-state index contributed by atoms with van der Waals surface area (Å²) in [6.45, 7) is 3.76. The quantitative estimate of drug-likeness (QED) is 0.883. The van der Waals surface area contributed by atoms with Crippen LogP contribution in [0.4, 0.5) is 14.5 Å². The molecule has 1 aromatic carbocycles. The number of para-hydroxylation sites is 1. The lowest BCUT2D eigenvalue weighted by atomic mass is 10.2. The fourth-order valence-electron chi connectivity index (χ4n) is 1.88. The van der Waals surface area contributed by atoms with E-state index >= 15 is 0 Å².